The summed E-state index contributed by atoms with van der Waals surface area (Å²) in [5, 5.41) is 7.29. The Hall–Kier alpha value is -1.56. The molecular weight excluding hydrogens is 268 g/mol. The second kappa shape index (κ2) is 6.06. The van der Waals surface area contributed by atoms with Gasteiger partial charge in [-0.05, 0) is 25.2 Å². The molecule has 0 saturated heterocycles. The number of aromatic nitrogens is 2. The van der Waals surface area contributed by atoms with Gasteiger partial charge < -0.3 is 11.1 Å². The van der Waals surface area contributed by atoms with Crippen molar-refractivity contribution in [2.45, 2.75) is 32.2 Å². The van der Waals surface area contributed by atoms with Crippen LogP contribution in [0.15, 0.2) is 11.0 Å². The van der Waals surface area contributed by atoms with E-state index in [0.29, 0.717) is 36.1 Å². The maximum absolute atomic E-state index is 12.1. The normalized spacial score (nSPS) is 14.4. The van der Waals surface area contributed by atoms with Crippen LogP contribution in [0.25, 0.3) is 0 Å². The topological polar surface area (TPSA) is 90.0 Å². The number of nitrogens with two attached hydrogens (primary N) is 1. The van der Waals surface area contributed by atoms with Crippen molar-refractivity contribution in [2.75, 3.05) is 11.9 Å². The number of primary amides is 1. The summed E-state index contributed by atoms with van der Waals surface area (Å²) >= 11 is 5.97. The Labute approximate surface area is 115 Å². The van der Waals surface area contributed by atoms with Crippen LogP contribution in [-0.4, -0.2) is 22.2 Å². The van der Waals surface area contributed by atoms with E-state index >= 15 is 0 Å². The first kappa shape index (κ1) is 13.9. The smallest absolute Gasteiger partial charge is 0.291 e. The quantitative estimate of drug-likeness (QED) is 0.731. The van der Waals surface area contributed by atoms with Gasteiger partial charge in [-0.1, -0.05) is 11.6 Å². The minimum Gasteiger partial charge on any atom is -0.379 e. The molecule has 1 amide bonds. The third kappa shape index (κ3) is 3.96. The van der Waals surface area contributed by atoms with Crippen LogP contribution in [0.5, 0.6) is 0 Å². The number of nitrogens with one attached hydrogen (secondary N) is 1. The van der Waals surface area contributed by atoms with Gasteiger partial charge in [0.2, 0.25) is 5.91 Å². The molecule has 0 unspecified atom stereocenters. The van der Waals surface area contributed by atoms with Crippen molar-refractivity contribution in [2.24, 2.45) is 11.7 Å². The van der Waals surface area contributed by atoms with Crippen molar-refractivity contribution in [1.29, 1.82) is 0 Å². The van der Waals surface area contributed by atoms with Crippen LogP contribution in [-0.2, 0) is 11.3 Å². The molecule has 0 atom stereocenters. The molecular formula is C12H17ClN4O2. The van der Waals surface area contributed by atoms with Gasteiger partial charge in [-0.3, -0.25) is 9.59 Å². The molecule has 0 radical (unpaired) electrons. The molecule has 0 aliphatic heterocycles. The highest BCUT2D eigenvalue weighted by Gasteiger charge is 2.23. The van der Waals surface area contributed by atoms with Crippen LogP contribution in [0.3, 0.4) is 0 Å². The van der Waals surface area contributed by atoms with E-state index in [-0.39, 0.29) is 17.9 Å². The van der Waals surface area contributed by atoms with Gasteiger partial charge in [0.15, 0.2) is 0 Å². The van der Waals surface area contributed by atoms with Crippen LogP contribution < -0.4 is 16.6 Å². The van der Waals surface area contributed by atoms with Gasteiger partial charge in [0, 0.05) is 19.5 Å². The van der Waals surface area contributed by atoms with Crippen LogP contribution in [0.4, 0.5) is 5.69 Å². The van der Waals surface area contributed by atoms with E-state index in [1.54, 1.807) is 0 Å². The lowest BCUT2D eigenvalue weighted by molar-refractivity contribution is -0.118. The van der Waals surface area contributed by atoms with E-state index in [9.17, 15) is 9.59 Å². The molecule has 3 N–H and O–H groups in total. The number of halogens is 1. The minimum atomic E-state index is -0.353. The fraction of sp³-hybridized carbons (Fsp3) is 0.583. The zero-order chi connectivity index (χ0) is 13.8. The predicted molar refractivity (Wildman–Crippen MR) is 73.1 cm³/mol. The average Bonchev–Trinajstić information content (AvgIpc) is 3.15. The Balaban J connectivity index is 2.01. The summed E-state index contributed by atoms with van der Waals surface area (Å²) in [5.41, 5.74) is 5.19. The minimum absolute atomic E-state index is 0.210. The maximum atomic E-state index is 12.1. The molecule has 19 heavy (non-hydrogen) atoms. The summed E-state index contributed by atoms with van der Waals surface area (Å²) in [6.07, 6.45) is 4.63. The molecule has 7 heteroatoms. The Morgan fingerprint density at radius 1 is 1.58 bits per heavy atom. The van der Waals surface area contributed by atoms with E-state index in [1.165, 1.54) is 10.9 Å². The molecule has 1 aliphatic rings. The number of amides is 1. The summed E-state index contributed by atoms with van der Waals surface area (Å²) in [7, 11) is 0. The first-order chi connectivity index (χ1) is 9.08. The zero-order valence-electron chi connectivity index (χ0n) is 10.6. The highest BCUT2D eigenvalue weighted by molar-refractivity contribution is 6.32. The molecule has 0 bridgehead atoms. The summed E-state index contributed by atoms with van der Waals surface area (Å²) in [5.74, 6) is 0.211. The van der Waals surface area contributed by atoms with Gasteiger partial charge in [0.1, 0.15) is 5.69 Å². The molecule has 6 nitrogen and oxygen atoms in total. The Kier molecular flexibility index (Phi) is 4.42. The molecule has 1 saturated carbocycles. The van der Waals surface area contributed by atoms with E-state index in [4.69, 9.17) is 17.3 Å². The Morgan fingerprint density at radius 2 is 2.32 bits per heavy atom. The molecule has 1 aliphatic carbocycles. The number of carbonyl (C=O) groups is 1. The number of hydrogen-bond donors (Lipinski definition) is 2. The summed E-state index contributed by atoms with van der Waals surface area (Å²) in [6, 6.07) is 0. The number of rotatable bonds is 7. The highest BCUT2D eigenvalue weighted by Crippen LogP contribution is 2.30. The standard InChI is InChI=1S/C12H17ClN4O2/c13-9-6-16-17(7-8-3-4-8)12(19)11(9)15-5-1-2-10(14)18/h6,8,15H,1-5,7H2,(H2,14,18). The van der Waals surface area contributed by atoms with Gasteiger partial charge in [-0.25, -0.2) is 4.68 Å². The number of nitrogens with zero attached hydrogens (tertiary/aromatic N) is 2. The first-order valence-corrected chi connectivity index (χ1v) is 6.73. The molecule has 1 fully saturated rings. The second-order valence-electron chi connectivity index (χ2n) is 4.79. The number of carbonyl (C=O) groups excluding carboxylic acids is 1. The van der Waals surface area contributed by atoms with E-state index < -0.39 is 0 Å². The van der Waals surface area contributed by atoms with Crippen molar-refractivity contribution in [3.63, 3.8) is 0 Å². The molecule has 0 aromatic carbocycles. The predicted octanol–water partition coefficient (Wildman–Crippen LogP) is 0.984. The first-order valence-electron chi connectivity index (χ1n) is 6.35. The molecule has 1 aromatic heterocycles. The third-order valence-electron chi connectivity index (χ3n) is 3.03. The lowest BCUT2D eigenvalue weighted by atomic mass is 10.3. The van der Waals surface area contributed by atoms with Crippen molar-refractivity contribution in [3.05, 3.63) is 21.6 Å². The van der Waals surface area contributed by atoms with Gasteiger partial charge in [0.25, 0.3) is 5.56 Å². The van der Waals surface area contributed by atoms with Gasteiger partial charge in [0.05, 0.1) is 11.2 Å². The molecule has 1 heterocycles. The fourth-order valence-electron chi connectivity index (χ4n) is 1.78. The van der Waals surface area contributed by atoms with Crippen LogP contribution in [0.1, 0.15) is 25.7 Å². The van der Waals surface area contributed by atoms with Crippen molar-refractivity contribution in [1.82, 2.24) is 9.78 Å². The Morgan fingerprint density at radius 3 is 2.95 bits per heavy atom. The summed E-state index contributed by atoms with van der Waals surface area (Å²) in [6.45, 7) is 1.12. The molecule has 1 aromatic rings. The van der Waals surface area contributed by atoms with Gasteiger partial charge >= 0.3 is 0 Å². The Bertz CT molecular complexity index is 525. The van der Waals surface area contributed by atoms with E-state index in [1.807, 2.05) is 0 Å². The van der Waals surface area contributed by atoms with Crippen LogP contribution in [0, 0.1) is 5.92 Å². The second-order valence-corrected chi connectivity index (χ2v) is 5.20. The van der Waals surface area contributed by atoms with Crippen LogP contribution in [0.2, 0.25) is 5.02 Å². The molecule has 0 spiro atoms. The molecule has 2 rings (SSSR count). The van der Waals surface area contributed by atoms with Crippen LogP contribution >= 0.6 is 11.6 Å². The summed E-state index contributed by atoms with van der Waals surface area (Å²) in [4.78, 5) is 22.8. The summed E-state index contributed by atoms with van der Waals surface area (Å²) < 4.78 is 1.44. The van der Waals surface area contributed by atoms with Crippen molar-refractivity contribution in [3.8, 4) is 0 Å². The molecule has 104 valence electrons. The lowest BCUT2D eigenvalue weighted by Crippen LogP contribution is -2.27. The van der Waals surface area contributed by atoms with Gasteiger partial charge in [-0.15, -0.1) is 0 Å². The zero-order valence-corrected chi connectivity index (χ0v) is 11.3. The van der Waals surface area contributed by atoms with E-state index in [2.05, 4.69) is 10.4 Å². The third-order valence-corrected chi connectivity index (χ3v) is 3.31. The number of anilines is 1. The average molecular weight is 285 g/mol. The fourth-order valence-corrected chi connectivity index (χ4v) is 1.97. The largest absolute Gasteiger partial charge is 0.379 e. The highest BCUT2D eigenvalue weighted by atomic mass is 35.5. The lowest BCUT2D eigenvalue weighted by Gasteiger charge is -2.10. The monoisotopic (exact) mass is 284 g/mol. The SMILES string of the molecule is NC(=O)CCCNc1c(Cl)cnn(CC2CC2)c1=O. The number of hydrogen-bond acceptors (Lipinski definition) is 4. The van der Waals surface area contributed by atoms with Gasteiger partial charge in [-0.2, -0.15) is 5.10 Å². The maximum Gasteiger partial charge on any atom is 0.291 e. The van der Waals surface area contributed by atoms with Crippen molar-refractivity contribution < 1.29 is 4.79 Å². The van der Waals surface area contributed by atoms with E-state index in [0.717, 1.165) is 12.8 Å². The van der Waals surface area contributed by atoms with Crippen molar-refractivity contribution >= 4 is 23.2 Å².